The Balaban J connectivity index is 1.48. The number of aromatic hydroxyl groups is 1. The molecule has 4 aliphatic rings. The summed E-state index contributed by atoms with van der Waals surface area (Å²) in [7, 11) is 1.33. The molecule has 3 N–H and O–H groups in total. The lowest BCUT2D eigenvalue weighted by molar-refractivity contribution is -0.173. The van der Waals surface area contributed by atoms with Gasteiger partial charge in [-0.1, -0.05) is 62.9 Å². The quantitative estimate of drug-likeness (QED) is 0.155. The summed E-state index contributed by atoms with van der Waals surface area (Å²) in [5.74, 6) is -9.53. The number of allylic oxidation sites excluding steroid dienone is 2. The molecule has 50 heavy (non-hydrogen) atoms. The average molecular weight is 796 g/mol. The summed E-state index contributed by atoms with van der Waals surface area (Å²) in [6.45, 7) is 0. The van der Waals surface area contributed by atoms with Gasteiger partial charge in [0.2, 0.25) is 0 Å². The molecular formula is C33H24BrCl2F3N4O7. The van der Waals surface area contributed by atoms with E-state index in [1.54, 1.807) is 24.3 Å². The summed E-state index contributed by atoms with van der Waals surface area (Å²) < 4.78 is 46.0. The molecule has 2 aliphatic heterocycles. The van der Waals surface area contributed by atoms with Crippen LogP contribution in [0, 0.1) is 23.7 Å². The molecule has 1 aromatic heterocycles. The number of hydrogen-bond acceptors (Lipinski definition) is 9. The summed E-state index contributed by atoms with van der Waals surface area (Å²) >= 11 is 15.9. The van der Waals surface area contributed by atoms with Crippen LogP contribution in [-0.2, 0) is 30.8 Å². The van der Waals surface area contributed by atoms with Crippen molar-refractivity contribution in [1.29, 1.82) is 0 Å². The first-order chi connectivity index (χ1) is 23.6. The van der Waals surface area contributed by atoms with Crippen LogP contribution < -0.4 is 10.2 Å². The van der Waals surface area contributed by atoms with Crippen molar-refractivity contribution in [3.05, 3.63) is 91.5 Å². The highest BCUT2D eigenvalue weighted by Gasteiger charge is 2.71. The number of aromatic nitrogens is 1. The standard InChI is InChI=1S/C33H24BrCl2F3N4O7/c1-50-23-10-15(34)9-20(26(23)44)25-17-6-7-18-24(30(47)43(49)28(18)45)19(17)11-21-29(46)42(31(48)32(21,25)13-2-4-16(35)5-3-13)41-27-22(36)8-14(12-40-27)33(37,38)39/h2-6,8-10,12,18-19,21,24-25,44,49H,7,11H2,1H3,(H,40,41)/t18-,19+,21-,24-,25+,32+/m0/s1. The molecule has 11 nitrogen and oxygen atoms in total. The molecule has 260 valence electrons. The number of fused-ring (bicyclic) bond motifs is 4. The van der Waals surface area contributed by atoms with Gasteiger partial charge in [0, 0.05) is 27.2 Å². The highest BCUT2D eigenvalue weighted by atomic mass is 79.9. The van der Waals surface area contributed by atoms with Crippen LogP contribution in [0.2, 0.25) is 10.0 Å². The van der Waals surface area contributed by atoms with E-state index in [-0.39, 0.29) is 35.0 Å². The van der Waals surface area contributed by atoms with Crippen molar-refractivity contribution >= 4 is 68.6 Å². The monoisotopic (exact) mass is 794 g/mol. The Morgan fingerprint density at radius 1 is 1.04 bits per heavy atom. The highest BCUT2D eigenvalue weighted by molar-refractivity contribution is 9.10. The van der Waals surface area contributed by atoms with Crippen LogP contribution in [0.1, 0.15) is 35.4 Å². The van der Waals surface area contributed by atoms with Gasteiger partial charge < -0.3 is 9.84 Å². The molecule has 0 unspecified atom stereocenters. The molecule has 0 spiro atoms. The zero-order valence-electron chi connectivity index (χ0n) is 25.5. The van der Waals surface area contributed by atoms with E-state index in [1.807, 2.05) is 0 Å². The summed E-state index contributed by atoms with van der Waals surface area (Å²) in [6.07, 6.45) is -2.73. The van der Waals surface area contributed by atoms with E-state index < -0.39 is 81.2 Å². The van der Waals surface area contributed by atoms with E-state index in [4.69, 9.17) is 27.9 Å². The highest BCUT2D eigenvalue weighted by Crippen LogP contribution is 2.65. The summed E-state index contributed by atoms with van der Waals surface area (Å²) in [4.78, 5) is 59.8. The molecular weight excluding hydrogens is 772 g/mol. The predicted octanol–water partition coefficient (Wildman–Crippen LogP) is 6.26. The molecule has 4 amide bonds. The molecule has 2 saturated heterocycles. The molecule has 0 radical (unpaired) electrons. The largest absolute Gasteiger partial charge is 0.504 e. The second kappa shape index (κ2) is 12.0. The summed E-state index contributed by atoms with van der Waals surface area (Å²) in [6, 6.07) is 9.79. The number of carbonyl (C=O) groups excluding carboxylic acids is 4. The zero-order chi connectivity index (χ0) is 36.0. The number of hydroxylamine groups is 2. The SMILES string of the molecule is COc1cc(Br)cc([C@H]2C3=CC[C@@H]4C(=O)N(O)C(=O)[C@@H]4[C@@H]3C[C@H]3C(=O)N(Nc4ncc(C(F)(F)F)cc4Cl)C(=O)[C@@]23c2ccc(Cl)cc2)c1O. The molecule has 3 aromatic rings. The van der Waals surface area contributed by atoms with Gasteiger partial charge >= 0.3 is 6.18 Å². The van der Waals surface area contributed by atoms with Crippen LogP contribution in [0.3, 0.4) is 0 Å². The molecule has 0 bridgehead atoms. The molecule has 3 fully saturated rings. The maximum absolute atomic E-state index is 15.1. The van der Waals surface area contributed by atoms with Crippen LogP contribution in [0.25, 0.3) is 0 Å². The number of methoxy groups -OCH3 is 1. The topological polar surface area (TPSA) is 149 Å². The number of carbonyl (C=O) groups is 4. The number of benzene rings is 2. The van der Waals surface area contributed by atoms with E-state index in [0.29, 0.717) is 37.9 Å². The van der Waals surface area contributed by atoms with Crippen molar-refractivity contribution in [2.24, 2.45) is 23.7 Å². The van der Waals surface area contributed by atoms with Gasteiger partial charge in [0.05, 0.1) is 40.9 Å². The van der Waals surface area contributed by atoms with Gasteiger partial charge in [-0.15, -0.1) is 0 Å². The first-order valence-corrected chi connectivity index (χ1v) is 16.6. The first kappa shape index (κ1) is 34.3. The second-order valence-electron chi connectivity index (χ2n) is 12.5. The lowest BCUT2D eigenvalue weighted by Gasteiger charge is -2.50. The summed E-state index contributed by atoms with van der Waals surface area (Å²) in [5.41, 5.74) is 0.386. The van der Waals surface area contributed by atoms with Gasteiger partial charge in [0.1, 0.15) is 0 Å². The number of anilines is 1. The predicted molar refractivity (Wildman–Crippen MR) is 173 cm³/mol. The number of halogens is 6. The van der Waals surface area contributed by atoms with Gasteiger partial charge in [0.15, 0.2) is 17.3 Å². The number of alkyl halides is 3. The fraction of sp³-hybridized carbons (Fsp3) is 0.303. The Labute approximate surface area is 299 Å². The lowest BCUT2D eigenvalue weighted by atomic mass is 9.49. The number of hydrogen-bond donors (Lipinski definition) is 3. The number of nitrogens with zero attached hydrogens (tertiary/aromatic N) is 3. The van der Waals surface area contributed by atoms with Crippen molar-refractivity contribution in [2.75, 3.05) is 12.5 Å². The molecule has 6 atom stereocenters. The van der Waals surface area contributed by atoms with Crippen molar-refractivity contribution in [3.63, 3.8) is 0 Å². The third kappa shape index (κ3) is 4.92. The van der Waals surface area contributed by atoms with E-state index in [9.17, 15) is 37.9 Å². The maximum Gasteiger partial charge on any atom is 0.417 e. The lowest BCUT2D eigenvalue weighted by Crippen LogP contribution is -2.53. The van der Waals surface area contributed by atoms with Crippen LogP contribution in [0.5, 0.6) is 11.5 Å². The minimum atomic E-state index is -4.77. The fourth-order valence-corrected chi connectivity index (χ4v) is 8.87. The van der Waals surface area contributed by atoms with Crippen LogP contribution in [0.15, 0.2) is 64.8 Å². The number of amides is 4. The number of ether oxygens (including phenoxy) is 1. The average Bonchev–Trinajstić information content (AvgIpc) is 3.42. The van der Waals surface area contributed by atoms with Gasteiger partial charge in [-0.25, -0.2) is 4.98 Å². The third-order valence-electron chi connectivity index (χ3n) is 10.1. The molecule has 17 heteroatoms. The van der Waals surface area contributed by atoms with Gasteiger partial charge in [-0.05, 0) is 54.7 Å². The first-order valence-electron chi connectivity index (χ1n) is 15.1. The minimum Gasteiger partial charge on any atom is -0.504 e. The number of nitrogens with one attached hydrogen (secondary N) is 1. The Bertz CT molecular complexity index is 2030. The van der Waals surface area contributed by atoms with E-state index in [2.05, 4.69) is 26.3 Å². The van der Waals surface area contributed by atoms with Crippen molar-refractivity contribution in [2.45, 2.75) is 30.4 Å². The smallest absolute Gasteiger partial charge is 0.417 e. The molecule has 2 aromatic carbocycles. The number of phenols is 1. The molecule has 1 saturated carbocycles. The number of imide groups is 2. The fourth-order valence-electron chi connectivity index (χ4n) is 8.08. The zero-order valence-corrected chi connectivity index (χ0v) is 28.6. The van der Waals surface area contributed by atoms with Gasteiger partial charge in [-0.3, -0.25) is 29.8 Å². The van der Waals surface area contributed by atoms with E-state index in [0.717, 1.165) is 0 Å². The number of phenolic OH excluding ortho intramolecular Hbond substituents is 1. The Kier molecular flexibility index (Phi) is 8.20. The molecule has 7 rings (SSSR count). The van der Waals surface area contributed by atoms with Gasteiger partial charge in [-0.2, -0.15) is 23.2 Å². The normalized spacial score (nSPS) is 27.6. The van der Waals surface area contributed by atoms with Crippen LogP contribution >= 0.6 is 39.1 Å². The number of pyridine rings is 1. The number of hydrazine groups is 1. The van der Waals surface area contributed by atoms with Crippen molar-refractivity contribution < 1.29 is 47.4 Å². The maximum atomic E-state index is 15.1. The van der Waals surface area contributed by atoms with Crippen molar-refractivity contribution in [1.82, 2.24) is 15.1 Å². The molecule has 2 aliphatic carbocycles. The third-order valence-corrected chi connectivity index (χ3v) is 11.1. The second-order valence-corrected chi connectivity index (χ2v) is 14.2. The Morgan fingerprint density at radius 3 is 2.38 bits per heavy atom. The molecule has 3 heterocycles. The van der Waals surface area contributed by atoms with Crippen molar-refractivity contribution in [3.8, 4) is 11.5 Å². The number of rotatable bonds is 5. The van der Waals surface area contributed by atoms with Crippen LogP contribution in [0.4, 0.5) is 19.0 Å². The Morgan fingerprint density at radius 2 is 1.74 bits per heavy atom. The summed E-state index contributed by atoms with van der Waals surface area (Å²) in [5, 5.41) is 22.5. The van der Waals surface area contributed by atoms with Gasteiger partial charge in [0.25, 0.3) is 23.6 Å². The minimum absolute atomic E-state index is 0.0110. The van der Waals surface area contributed by atoms with E-state index >= 15 is 4.79 Å². The van der Waals surface area contributed by atoms with E-state index in [1.165, 1.54) is 25.3 Å². The Hall–Kier alpha value is -4.18. The van der Waals surface area contributed by atoms with Crippen LogP contribution in [-0.4, -0.2) is 56.1 Å².